The van der Waals surface area contributed by atoms with Crippen molar-refractivity contribution in [3.8, 4) is 0 Å². The van der Waals surface area contributed by atoms with Gasteiger partial charge in [0, 0.05) is 42.0 Å². The molecule has 6 heteroatoms. The van der Waals surface area contributed by atoms with E-state index in [1.807, 2.05) is 54.8 Å². The number of allylic oxidation sites excluding steroid dienone is 1. The molecule has 3 aromatic rings. The average molecular weight is 415 g/mol. The normalized spacial score (nSPS) is 17.2. The first-order chi connectivity index (χ1) is 14.5. The fraction of sp³-hybridized carbons (Fsp3) is 0.125. The third-order valence-electron chi connectivity index (χ3n) is 5.36. The predicted molar refractivity (Wildman–Crippen MR) is 121 cm³/mol. The van der Waals surface area contributed by atoms with Gasteiger partial charge in [-0.2, -0.15) is 5.10 Å². The van der Waals surface area contributed by atoms with E-state index in [0.29, 0.717) is 10.7 Å². The first-order valence-corrected chi connectivity index (χ1v) is 10.1. The van der Waals surface area contributed by atoms with Gasteiger partial charge < -0.3 is 0 Å². The number of ketones is 1. The summed E-state index contributed by atoms with van der Waals surface area (Å²) in [6.45, 7) is 1.56. The lowest BCUT2D eigenvalue weighted by Crippen LogP contribution is -2.25. The summed E-state index contributed by atoms with van der Waals surface area (Å²) in [5, 5.41) is 5.37. The Kier molecular flexibility index (Phi) is 4.40. The number of Topliss-reactive ketones (excluding diaryl/α,β-unsaturated/α-hetero) is 1. The minimum absolute atomic E-state index is 0.0264. The summed E-state index contributed by atoms with van der Waals surface area (Å²) in [7, 11) is 1.80. The van der Waals surface area contributed by atoms with Gasteiger partial charge in [0.1, 0.15) is 5.69 Å². The van der Waals surface area contributed by atoms with Crippen molar-refractivity contribution in [2.75, 3.05) is 4.90 Å². The highest BCUT2D eigenvalue weighted by atomic mass is 35.5. The van der Waals surface area contributed by atoms with Gasteiger partial charge in [-0.05, 0) is 42.0 Å². The number of dihydropyridines is 1. The Hall–Kier alpha value is -3.44. The second-order valence-corrected chi connectivity index (χ2v) is 7.80. The summed E-state index contributed by atoms with van der Waals surface area (Å²) in [6.07, 6.45) is 6.03. The zero-order chi connectivity index (χ0) is 20.8. The van der Waals surface area contributed by atoms with E-state index < -0.39 is 0 Å². The Bertz CT molecular complexity index is 1240. The van der Waals surface area contributed by atoms with Crippen LogP contribution in [0.2, 0.25) is 5.02 Å². The molecule has 5 nitrogen and oxygen atoms in total. The standard InChI is InChI=1S/C24H19ClN4O/c1-15(30)23-20-12-17-14-26-21(16-6-4-3-5-7-16)13-22(17)29(24(20)27-28(23)2)19-10-8-18(25)9-11-19/h3-14,21H,1-2H3. The van der Waals surface area contributed by atoms with Crippen LogP contribution in [0.3, 0.4) is 0 Å². The molecule has 0 N–H and O–H groups in total. The van der Waals surface area contributed by atoms with Crippen LogP contribution in [0.4, 0.5) is 11.5 Å². The van der Waals surface area contributed by atoms with Crippen LogP contribution in [0, 0.1) is 0 Å². The molecule has 1 aromatic heterocycles. The minimum Gasteiger partial charge on any atom is -0.293 e. The molecule has 2 aromatic carbocycles. The summed E-state index contributed by atoms with van der Waals surface area (Å²) >= 11 is 6.13. The summed E-state index contributed by atoms with van der Waals surface area (Å²) in [5.74, 6) is 0.698. The maximum atomic E-state index is 12.3. The van der Waals surface area contributed by atoms with Gasteiger partial charge in [0.15, 0.2) is 11.6 Å². The molecule has 30 heavy (non-hydrogen) atoms. The number of aryl methyl sites for hydroxylation is 1. The third-order valence-corrected chi connectivity index (χ3v) is 5.61. The third kappa shape index (κ3) is 2.99. The number of aliphatic imine (C=N–C) groups is 1. The first kappa shape index (κ1) is 18.6. The van der Waals surface area contributed by atoms with Gasteiger partial charge in [-0.25, -0.2) is 0 Å². The van der Waals surface area contributed by atoms with Crippen LogP contribution in [-0.4, -0.2) is 21.8 Å². The fourth-order valence-corrected chi connectivity index (χ4v) is 4.15. The number of anilines is 2. The van der Waals surface area contributed by atoms with Crippen molar-refractivity contribution in [1.29, 1.82) is 0 Å². The lowest BCUT2D eigenvalue weighted by Gasteiger charge is -2.32. The second kappa shape index (κ2) is 7.11. The Balaban J connectivity index is 1.72. The maximum absolute atomic E-state index is 12.3. The Morgan fingerprint density at radius 1 is 1.07 bits per heavy atom. The molecule has 0 fully saturated rings. The van der Waals surface area contributed by atoms with Crippen LogP contribution < -0.4 is 4.90 Å². The van der Waals surface area contributed by atoms with E-state index in [1.54, 1.807) is 18.7 Å². The van der Waals surface area contributed by atoms with E-state index in [0.717, 1.165) is 33.9 Å². The summed E-state index contributed by atoms with van der Waals surface area (Å²) in [4.78, 5) is 19.1. The molecule has 0 saturated carbocycles. The first-order valence-electron chi connectivity index (χ1n) is 9.68. The summed E-state index contributed by atoms with van der Waals surface area (Å²) in [6, 6.07) is 17.7. The molecule has 2 aliphatic rings. The van der Waals surface area contributed by atoms with Crippen molar-refractivity contribution in [3.63, 3.8) is 0 Å². The molecule has 0 saturated heterocycles. The summed E-state index contributed by atoms with van der Waals surface area (Å²) in [5.41, 5.74) is 5.35. The molecular formula is C24H19ClN4O. The van der Waals surface area contributed by atoms with E-state index >= 15 is 0 Å². The highest BCUT2D eigenvalue weighted by Gasteiger charge is 2.32. The monoisotopic (exact) mass is 414 g/mol. The number of rotatable bonds is 3. The number of fused-ring (bicyclic) bond motifs is 2. The van der Waals surface area contributed by atoms with Gasteiger partial charge in [-0.3, -0.25) is 19.4 Å². The Labute approximate surface area is 179 Å². The highest BCUT2D eigenvalue weighted by molar-refractivity contribution is 6.30. The van der Waals surface area contributed by atoms with Crippen LogP contribution in [0.5, 0.6) is 0 Å². The lowest BCUT2D eigenvalue weighted by atomic mass is 9.95. The predicted octanol–water partition coefficient (Wildman–Crippen LogP) is 5.52. The largest absolute Gasteiger partial charge is 0.293 e. The van der Waals surface area contributed by atoms with E-state index in [2.05, 4.69) is 23.1 Å². The number of hydrogen-bond donors (Lipinski definition) is 0. The van der Waals surface area contributed by atoms with Crippen molar-refractivity contribution in [3.05, 3.63) is 93.8 Å². The molecule has 148 valence electrons. The number of carbonyl (C=O) groups is 1. The van der Waals surface area contributed by atoms with Crippen molar-refractivity contribution in [2.24, 2.45) is 12.0 Å². The van der Waals surface area contributed by atoms with Gasteiger partial charge in [0.2, 0.25) is 0 Å². The zero-order valence-corrected chi connectivity index (χ0v) is 17.3. The SMILES string of the molecule is CC(=O)c1c2c(nn1C)N(c1ccc(Cl)cc1)C1=CC(c3ccccc3)N=CC1=C2. The highest BCUT2D eigenvalue weighted by Crippen LogP contribution is 2.43. The quantitative estimate of drug-likeness (QED) is 0.530. The van der Waals surface area contributed by atoms with Crippen molar-refractivity contribution < 1.29 is 4.79 Å². The van der Waals surface area contributed by atoms with Gasteiger partial charge in [0.25, 0.3) is 0 Å². The number of nitrogens with zero attached hydrogens (tertiary/aromatic N) is 4. The van der Waals surface area contributed by atoms with Gasteiger partial charge >= 0.3 is 0 Å². The van der Waals surface area contributed by atoms with Crippen molar-refractivity contribution in [1.82, 2.24) is 9.78 Å². The van der Waals surface area contributed by atoms with Crippen molar-refractivity contribution >= 4 is 41.2 Å². The second-order valence-electron chi connectivity index (χ2n) is 7.36. The Morgan fingerprint density at radius 3 is 2.50 bits per heavy atom. The molecule has 0 bridgehead atoms. The molecule has 0 radical (unpaired) electrons. The smallest absolute Gasteiger partial charge is 0.178 e. The minimum atomic E-state index is -0.0920. The fourth-order valence-electron chi connectivity index (χ4n) is 4.03. The number of halogens is 1. The van der Waals surface area contributed by atoms with Gasteiger partial charge in [-0.15, -0.1) is 0 Å². The lowest BCUT2D eigenvalue weighted by molar-refractivity contribution is 0.100. The number of hydrogen-bond acceptors (Lipinski definition) is 4. The van der Waals surface area contributed by atoms with Crippen molar-refractivity contribution in [2.45, 2.75) is 13.0 Å². The molecule has 0 spiro atoms. The molecular weight excluding hydrogens is 396 g/mol. The maximum Gasteiger partial charge on any atom is 0.178 e. The number of benzene rings is 2. The van der Waals surface area contributed by atoms with Crippen LogP contribution in [0.15, 0.2) is 76.9 Å². The number of carbonyl (C=O) groups excluding carboxylic acids is 1. The van der Waals surface area contributed by atoms with Crippen LogP contribution >= 0.6 is 11.6 Å². The average Bonchev–Trinajstić information content (AvgIpc) is 3.08. The van der Waals surface area contributed by atoms with E-state index in [9.17, 15) is 4.79 Å². The topological polar surface area (TPSA) is 50.5 Å². The molecule has 1 atom stereocenters. The van der Waals surface area contributed by atoms with Gasteiger partial charge in [0.05, 0.1) is 11.7 Å². The van der Waals surface area contributed by atoms with Crippen LogP contribution in [0.1, 0.15) is 34.6 Å². The van der Waals surface area contributed by atoms with Crippen LogP contribution in [0.25, 0.3) is 6.08 Å². The molecule has 0 amide bonds. The van der Waals surface area contributed by atoms with Gasteiger partial charge in [-0.1, -0.05) is 41.9 Å². The zero-order valence-electron chi connectivity index (χ0n) is 16.6. The molecule has 0 aliphatic carbocycles. The summed E-state index contributed by atoms with van der Waals surface area (Å²) < 4.78 is 1.65. The molecule has 1 unspecified atom stereocenters. The molecule has 2 aliphatic heterocycles. The van der Waals surface area contributed by atoms with E-state index in [-0.39, 0.29) is 11.8 Å². The van der Waals surface area contributed by atoms with Crippen LogP contribution in [-0.2, 0) is 7.05 Å². The van der Waals surface area contributed by atoms with E-state index in [1.165, 1.54) is 0 Å². The molecule has 5 rings (SSSR count). The van der Waals surface area contributed by atoms with E-state index in [4.69, 9.17) is 21.7 Å². The Morgan fingerprint density at radius 2 is 1.80 bits per heavy atom. The number of aromatic nitrogens is 2. The molecule has 3 heterocycles.